The molecule has 0 spiro atoms. The summed E-state index contributed by atoms with van der Waals surface area (Å²) in [6.45, 7) is 0. The normalized spacial score (nSPS) is 15.9. The van der Waals surface area contributed by atoms with Crippen LogP contribution >= 0.6 is 24.0 Å². The monoisotopic (exact) mass is 331 g/mol. The van der Waals surface area contributed by atoms with E-state index in [2.05, 4.69) is 5.32 Å². The highest BCUT2D eigenvalue weighted by atomic mass is 32.2. The van der Waals surface area contributed by atoms with Crippen molar-refractivity contribution in [3.05, 3.63) is 58.9 Å². The average Bonchev–Trinajstić information content (AvgIpc) is 3.12. The molecule has 3 rings (SSSR count). The molecule has 0 saturated carbocycles. The van der Waals surface area contributed by atoms with E-state index in [0.717, 1.165) is 5.56 Å². The molecule has 0 unspecified atom stereocenters. The van der Waals surface area contributed by atoms with E-state index in [1.807, 2.05) is 0 Å². The Kier molecular flexibility index (Phi) is 4.08. The molecule has 0 aliphatic carbocycles. The van der Waals surface area contributed by atoms with Crippen LogP contribution in [0.5, 0.6) is 5.75 Å². The van der Waals surface area contributed by atoms with Crippen LogP contribution in [-0.4, -0.2) is 16.2 Å². The van der Waals surface area contributed by atoms with Gasteiger partial charge in [-0.1, -0.05) is 36.1 Å². The standard InChI is InChI=1S/C15H9NO4S2/c17-13-12(22-15(21)16-13)8-9-3-5-10(6-4-9)20-14(18)11-2-1-7-19-11/h1-8H,(H,16,17,21)/b12-8+. The predicted octanol–water partition coefficient (Wildman–Crippen LogP) is 2.99. The second-order valence-corrected chi connectivity index (χ2v) is 6.01. The van der Waals surface area contributed by atoms with Crippen LogP contribution in [-0.2, 0) is 4.79 Å². The third kappa shape index (κ3) is 3.26. The summed E-state index contributed by atoms with van der Waals surface area (Å²) in [4.78, 5) is 23.8. The summed E-state index contributed by atoms with van der Waals surface area (Å²) >= 11 is 6.14. The lowest BCUT2D eigenvalue weighted by Crippen LogP contribution is -2.17. The second kappa shape index (κ2) is 6.17. The number of hydrogen-bond donors (Lipinski definition) is 1. The Morgan fingerprint density at radius 3 is 2.64 bits per heavy atom. The van der Waals surface area contributed by atoms with Gasteiger partial charge in [0, 0.05) is 0 Å². The number of benzene rings is 1. The van der Waals surface area contributed by atoms with Crippen molar-refractivity contribution in [2.45, 2.75) is 0 Å². The van der Waals surface area contributed by atoms with Crippen molar-refractivity contribution >= 4 is 46.3 Å². The van der Waals surface area contributed by atoms with Crippen molar-refractivity contribution in [2.24, 2.45) is 0 Å². The molecule has 1 saturated heterocycles. The topological polar surface area (TPSA) is 68.5 Å². The lowest BCUT2D eigenvalue weighted by atomic mass is 10.2. The van der Waals surface area contributed by atoms with Gasteiger partial charge in [-0.05, 0) is 35.9 Å². The van der Waals surface area contributed by atoms with Gasteiger partial charge in [-0.15, -0.1) is 0 Å². The van der Waals surface area contributed by atoms with Gasteiger partial charge in [0.05, 0.1) is 11.2 Å². The van der Waals surface area contributed by atoms with E-state index in [0.29, 0.717) is 15.0 Å². The first-order valence-corrected chi connectivity index (χ1v) is 7.45. The molecule has 0 bridgehead atoms. The van der Waals surface area contributed by atoms with Gasteiger partial charge in [-0.25, -0.2) is 4.79 Å². The van der Waals surface area contributed by atoms with Crippen molar-refractivity contribution in [1.82, 2.24) is 5.32 Å². The molecule has 1 aliphatic heterocycles. The van der Waals surface area contributed by atoms with Gasteiger partial charge in [0.15, 0.2) is 0 Å². The van der Waals surface area contributed by atoms with E-state index in [1.54, 1.807) is 36.4 Å². The quantitative estimate of drug-likeness (QED) is 0.404. The molecule has 22 heavy (non-hydrogen) atoms. The second-order valence-electron chi connectivity index (χ2n) is 4.29. The molecule has 5 nitrogen and oxygen atoms in total. The molecule has 2 aromatic rings. The number of thioether (sulfide) groups is 1. The van der Waals surface area contributed by atoms with Gasteiger partial charge >= 0.3 is 5.97 Å². The number of ether oxygens (including phenoxy) is 1. The molecule has 0 radical (unpaired) electrons. The smallest absolute Gasteiger partial charge is 0.379 e. The molecule has 1 aromatic heterocycles. The maximum Gasteiger partial charge on any atom is 0.379 e. The summed E-state index contributed by atoms with van der Waals surface area (Å²) in [5.41, 5.74) is 0.806. The zero-order valence-corrected chi connectivity index (χ0v) is 12.7. The summed E-state index contributed by atoms with van der Waals surface area (Å²) in [5.74, 6) is -0.239. The number of rotatable bonds is 3. The minimum Gasteiger partial charge on any atom is -0.457 e. The van der Waals surface area contributed by atoms with E-state index in [1.165, 1.54) is 24.1 Å². The number of thiocarbonyl (C=S) groups is 1. The third-order valence-corrected chi connectivity index (χ3v) is 3.92. The van der Waals surface area contributed by atoms with Crippen LogP contribution in [0.4, 0.5) is 0 Å². The maximum atomic E-state index is 11.7. The molecule has 1 aliphatic rings. The number of carbonyl (C=O) groups excluding carboxylic acids is 2. The minimum atomic E-state index is -0.563. The molecule has 1 amide bonds. The number of furan rings is 1. The highest BCUT2D eigenvalue weighted by molar-refractivity contribution is 8.26. The van der Waals surface area contributed by atoms with E-state index in [-0.39, 0.29) is 11.7 Å². The van der Waals surface area contributed by atoms with Crippen LogP contribution in [0.2, 0.25) is 0 Å². The van der Waals surface area contributed by atoms with Crippen molar-refractivity contribution < 1.29 is 18.7 Å². The van der Waals surface area contributed by atoms with Crippen LogP contribution < -0.4 is 10.1 Å². The molecular formula is C15H9NO4S2. The summed E-state index contributed by atoms with van der Waals surface area (Å²) in [5, 5.41) is 2.55. The number of nitrogens with one attached hydrogen (secondary N) is 1. The van der Waals surface area contributed by atoms with Crippen molar-refractivity contribution in [2.75, 3.05) is 0 Å². The van der Waals surface area contributed by atoms with Gasteiger partial charge in [0.1, 0.15) is 10.1 Å². The molecule has 7 heteroatoms. The van der Waals surface area contributed by atoms with Crippen molar-refractivity contribution in [3.8, 4) is 5.75 Å². The Morgan fingerprint density at radius 1 is 1.27 bits per heavy atom. The summed E-state index contributed by atoms with van der Waals surface area (Å²) in [6, 6.07) is 9.91. The first-order chi connectivity index (χ1) is 10.6. The number of esters is 1. The van der Waals surface area contributed by atoms with E-state index in [4.69, 9.17) is 21.4 Å². The summed E-state index contributed by atoms with van der Waals surface area (Å²) in [6.07, 6.45) is 3.12. The van der Waals surface area contributed by atoms with Crippen LogP contribution in [0, 0.1) is 0 Å². The zero-order valence-electron chi connectivity index (χ0n) is 11.1. The lowest BCUT2D eigenvalue weighted by Gasteiger charge is -2.02. The number of carbonyl (C=O) groups is 2. The first-order valence-electron chi connectivity index (χ1n) is 6.22. The van der Waals surface area contributed by atoms with Crippen LogP contribution in [0.3, 0.4) is 0 Å². The van der Waals surface area contributed by atoms with Gasteiger partial charge in [0.2, 0.25) is 5.76 Å². The Balaban J connectivity index is 1.71. The SMILES string of the molecule is O=C1NC(=S)S/C1=C/c1ccc(OC(=O)c2ccco2)cc1. The van der Waals surface area contributed by atoms with Crippen LogP contribution in [0.25, 0.3) is 6.08 Å². The van der Waals surface area contributed by atoms with Crippen LogP contribution in [0.15, 0.2) is 52.0 Å². The fourth-order valence-corrected chi connectivity index (χ4v) is 2.80. The molecule has 1 N–H and O–H groups in total. The largest absolute Gasteiger partial charge is 0.457 e. The van der Waals surface area contributed by atoms with Gasteiger partial charge in [-0.2, -0.15) is 0 Å². The molecule has 110 valence electrons. The van der Waals surface area contributed by atoms with Crippen LogP contribution in [0.1, 0.15) is 16.1 Å². The summed E-state index contributed by atoms with van der Waals surface area (Å²) in [7, 11) is 0. The molecular weight excluding hydrogens is 322 g/mol. The minimum absolute atomic E-state index is 0.138. The molecule has 0 atom stereocenters. The summed E-state index contributed by atoms with van der Waals surface area (Å²) < 4.78 is 10.6. The van der Waals surface area contributed by atoms with Crippen molar-refractivity contribution in [1.29, 1.82) is 0 Å². The molecule has 2 heterocycles. The number of amides is 1. The maximum absolute atomic E-state index is 11.7. The first kappa shape index (κ1) is 14.6. The Bertz CT molecular complexity index is 763. The highest BCUT2D eigenvalue weighted by Gasteiger charge is 2.21. The molecule has 1 fully saturated rings. The van der Waals surface area contributed by atoms with Crippen molar-refractivity contribution in [3.63, 3.8) is 0 Å². The van der Waals surface area contributed by atoms with E-state index >= 15 is 0 Å². The Labute approximate surface area is 135 Å². The fourth-order valence-electron chi connectivity index (χ4n) is 1.76. The molecule has 1 aromatic carbocycles. The van der Waals surface area contributed by atoms with Gasteiger partial charge in [-0.3, -0.25) is 4.79 Å². The lowest BCUT2D eigenvalue weighted by molar-refractivity contribution is -0.115. The van der Waals surface area contributed by atoms with E-state index in [9.17, 15) is 9.59 Å². The highest BCUT2D eigenvalue weighted by Crippen LogP contribution is 2.26. The predicted molar refractivity (Wildman–Crippen MR) is 86.4 cm³/mol. The third-order valence-electron chi connectivity index (χ3n) is 2.75. The number of hydrogen-bond acceptors (Lipinski definition) is 6. The van der Waals surface area contributed by atoms with Gasteiger partial charge in [0.25, 0.3) is 5.91 Å². The fraction of sp³-hybridized carbons (Fsp3) is 0. The van der Waals surface area contributed by atoms with Gasteiger partial charge < -0.3 is 14.5 Å². The zero-order chi connectivity index (χ0) is 15.5. The van der Waals surface area contributed by atoms with E-state index < -0.39 is 5.97 Å². The average molecular weight is 331 g/mol. The Hall–Kier alpha value is -2.38. The Morgan fingerprint density at radius 2 is 2.05 bits per heavy atom.